The first-order chi connectivity index (χ1) is 13.8. The van der Waals surface area contributed by atoms with E-state index >= 15 is 0 Å². The van der Waals surface area contributed by atoms with Crippen molar-refractivity contribution in [2.75, 3.05) is 6.61 Å². The number of aliphatic carboxylic acids is 1. The number of amides is 4. The minimum Gasteiger partial charge on any atom is -0.483 e. The highest BCUT2D eigenvalue weighted by Gasteiger charge is 2.51. The number of nitrogens with one attached hydrogen (secondary N) is 2. The second kappa shape index (κ2) is 6.87. The zero-order chi connectivity index (χ0) is 20.8. The molecule has 10 nitrogen and oxygen atoms in total. The lowest BCUT2D eigenvalue weighted by atomic mass is 10.0. The number of carbonyl (C=O) groups excluding carboxylic acids is 4. The Morgan fingerprint density at radius 1 is 1.28 bits per heavy atom. The number of hydrogen-bond donors (Lipinski definition) is 3. The first-order valence-electron chi connectivity index (χ1n) is 9.24. The zero-order valence-electron chi connectivity index (χ0n) is 15.4. The van der Waals surface area contributed by atoms with Gasteiger partial charge in [-0.1, -0.05) is 6.07 Å². The second-order valence-electron chi connectivity index (χ2n) is 7.41. The van der Waals surface area contributed by atoms with Gasteiger partial charge < -0.3 is 20.1 Å². The highest BCUT2D eigenvalue weighted by atomic mass is 16.5. The van der Waals surface area contributed by atoms with Crippen LogP contribution in [0.3, 0.4) is 0 Å². The van der Waals surface area contributed by atoms with Gasteiger partial charge in [-0.25, -0.2) is 4.79 Å². The Morgan fingerprint density at radius 3 is 2.69 bits per heavy atom. The molecule has 0 radical (unpaired) electrons. The third-order valence-corrected chi connectivity index (χ3v) is 5.44. The molecule has 29 heavy (non-hydrogen) atoms. The van der Waals surface area contributed by atoms with Crippen LogP contribution in [0.4, 0.5) is 0 Å². The molecule has 2 fully saturated rings. The number of imide groups is 1. The maximum Gasteiger partial charge on any atom is 0.329 e. The number of ether oxygens (including phenoxy) is 1. The Bertz CT molecular complexity index is 938. The fourth-order valence-electron chi connectivity index (χ4n) is 3.66. The molecule has 1 aromatic carbocycles. The number of hydrogen-bond acceptors (Lipinski definition) is 6. The van der Waals surface area contributed by atoms with E-state index in [9.17, 15) is 24.0 Å². The van der Waals surface area contributed by atoms with Gasteiger partial charge in [-0.15, -0.1) is 0 Å². The van der Waals surface area contributed by atoms with Gasteiger partial charge in [0.05, 0.1) is 6.54 Å². The molecular formula is C19H19N3O7. The number of fused-ring (bicyclic) bond motifs is 1. The Labute approximate surface area is 165 Å². The van der Waals surface area contributed by atoms with Crippen LogP contribution in [0.2, 0.25) is 0 Å². The predicted molar refractivity (Wildman–Crippen MR) is 95.7 cm³/mol. The van der Waals surface area contributed by atoms with Crippen molar-refractivity contribution in [1.82, 2.24) is 15.5 Å². The molecule has 1 aliphatic carbocycles. The van der Waals surface area contributed by atoms with Crippen LogP contribution in [-0.2, 0) is 25.7 Å². The van der Waals surface area contributed by atoms with Gasteiger partial charge in [-0.05, 0) is 31.4 Å². The Balaban J connectivity index is 1.44. The van der Waals surface area contributed by atoms with E-state index < -0.39 is 36.0 Å². The number of rotatable bonds is 6. The summed E-state index contributed by atoms with van der Waals surface area (Å²) in [6, 6.07) is 4.09. The fourth-order valence-corrected chi connectivity index (χ4v) is 3.66. The highest BCUT2D eigenvalue weighted by molar-refractivity contribution is 6.05. The molecule has 4 rings (SSSR count). The molecule has 4 amide bonds. The van der Waals surface area contributed by atoms with Crippen molar-refractivity contribution in [3.05, 3.63) is 29.3 Å². The third-order valence-electron chi connectivity index (χ3n) is 5.44. The van der Waals surface area contributed by atoms with Crippen LogP contribution in [0.1, 0.15) is 41.6 Å². The summed E-state index contributed by atoms with van der Waals surface area (Å²) >= 11 is 0. The molecule has 2 heterocycles. The summed E-state index contributed by atoms with van der Waals surface area (Å²) in [7, 11) is 0. The first-order valence-corrected chi connectivity index (χ1v) is 9.24. The summed E-state index contributed by atoms with van der Waals surface area (Å²) in [5.41, 5.74) is -0.274. The molecule has 1 saturated heterocycles. The van der Waals surface area contributed by atoms with Gasteiger partial charge in [0, 0.05) is 17.5 Å². The van der Waals surface area contributed by atoms with E-state index in [0.29, 0.717) is 29.7 Å². The summed E-state index contributed by atoms with van der Waals surface area (Å²) in [6.07, 6.45) is 1.17. The Hall–Kier alpha value is -3.43. The molecule has 1 aromatic rings. The van der Waals surface area contributed by atoms with E-state index in [1.54, 1.807) is 18.2 Å². The summed E-state index contributed by atoms with van der Waals surface area (Å²) in [6.45, 7) is -0.268. The lowest BCUT2D eigenvalue weighted by Crippen LogP contribution is -2.52. The van der Waals surface area contributed by atoms with Crippen LogP contribution >= 0.6 is 0 Å². The van der Waals surface area contributed by atoms with Crippen molar-refractivity contribution in [3.63, 3.8) is 0 Å². The average Bonchev–Trinajstić information content (AvgIpc) is 3.38. The number of piperidine rings is 1. The fraction of sp³-hybridized carbons (Fsp3) is 0.421. The minimum absolute atomic E-state index is 0.122. The van der Waals surface area contributed by atoms with Crippen LogP contribution in [0.15, 0.2) is 18.2 Å². The molecule has 0 spiro atoms. The van der Waals surface area contributed by atoms with Gasteiger partial charge in [-0.2, -0.15) is 0 Å². The van der Waals surface area contributed by atoms with Crippen LogP contribution in [-0.4, -0.2) is 57.8 Å². The minimum atomic E-state index is -1.20. The van der Waals surface area contributed by atoms with Gasteiger partial charge in [-0.3, -0.25) is 24.5 Å². The monoisotopic (exact) mass is 401 g/mol. The van der Waals surface area contributed by atoms with Crippen molar-refractivity contribution in [3.8, 4) is 5.75 Å². The Morgan fingerprint density at radius 2 is 2.03 bits per heavy atom. The van der Waals surface area contributed by atoms with Crippen molar-refractivity contribution < 1.29 is 33.8 Å². The van der Waals surface area contributed by atoms with Crippen LogP contribution < -0.4 is 15.4 Å². The molecular weight excluding hydrogens is 382 g/mol. The molecule has 2 aliphatic heterocycles. The van der Waals surface area contributed by atoms with Gasteiger partial charge in [0.15, 0.2) is 6.61 Å². The van der Waals surface area contributed by atoms with Crippen molar-refractivity contribution >= 4 is 29.6 Å². The SMILES string of the molecule is O=C1CCC(N2Cc3c(OCC(=O)NC4(C(=O)O)CC4)cccc3C2=O)C(=O)N1. The number of carboxylic acids is 1. The smallest absolute Gasteiger partial charge is 0.329 e. The standard InChI is InChI=1S/C19H19N3O7/c23-14-5-4-12(16(25)20-14)22-8-11-10(17(22)26)2-1-3-13(11)29-9-15(24)21-19(6-7-19)18(27)28/h1-3,12H,4-9H2,(H,21,24)(H,27,28)(H,20,23,25). The second-order valence-corrected chi connectivity index (χ2v) is 7.41. The summed E-state index contributed by atoms with van der Waals surface area (Å²) in [5, 5.41) is 13.8. The van der Waals surface area contributed by atoms with Crippen LogP contribution in [0.5, 0.6) is 5.75 Å². The highest BCUT2D eigenvalue weighted by Crippen LogP contribution is 2.36. The van der Waals surface area contributed by atoms with Gasteiger partial charge in [0.2, 0.25) is 11.8 Å². The quantitative estimate of drug-likeness (QED) is 0.549. The van der Waals surface area contributed by atoms with E-state index in [-0.39, 0.29) is 31.2 Å². The normalized spacial score (nSPS) is 22.0. The molecule has 1 saturated carbocycles. The summed E-state index contributed by atoms with van der Waals surface area (Å²) in [5.74, 6) is -2.52. The maximum absolute atomic E-state index is 12.7. The molecule has 152 valence electrons. The lowest BCUT2D eigenvalue weighted by Gasteiger charge is -2.29. The zero-order valence-corrected chi connectivity index (χ0v) is 15.4. The maximum atomic E-state index is 12.7. The molecule has 10 heteroatoms. The number of nitrogens with zero attached hydrogens (tertiary/aromatic N) is 1. The predicted octanol–water partition coefficient (Wildman–Crippen LogP) is -0.440. The van der Waals surface area contributed by atoms with Crippen molar-refractivity contribution in [2.24, 2.45) is 0 Å². The molecule has 3 aliphatic rings. The average molecular weight is 401 g/mol. The van der Waals surface area contributed by atoms with Gasteiger partial charge >= 0.3 is 5.97 Å². The number of carboxylic acid groups (broad SMARTS) is 1. The number of carbonyl (C=O) groups is 5. The number of benzene rings is 1. The van der Waals surface area contributed by atoms with Crippen molar-refractivity contribution in [2.45, 2.75) is 43.8 Å². The van der Waals surface area contributed by atoms with E-state index in [4.69, 9.17) is 9.84 Å². The Kier molecular flexibility index (Phi) is 4.48. The van der Waals surface area contributed by atoms with E-state index in [2.05, 4.69) is 10.6 Å². The summed E-state index contributed by atoms with van der Waals surface area (Å²) < 4.78 is 5.55. The molecule has 1 atom stereocenters. The van der Waals surface area contributed by atoms with Crippen LogP contribution in [0.25, 0.3) is 0 Å². The largest absolute Gasteiger partial charge is 0.483 e. The first kappa shape index (κ1) is 18.9. The molecule has 3 N–H and O–H groups in total. The van der Waals surface area contributed by atoms with Crippen LogP contribution in [0, 0.1) is 0 Å². The van der Waals surface area contributed by atoms with E-state index in [1.807, 2.05) is 0 Å². The van der Waals surface area contributed by atoms with Gasteiger partial charge in [0.1, 0.15) is 17.3 Å². The molecule has 1 unspecified atom stereocenters. The van der Waals surface area contributed by atoms with E-state index in [1.165, 1.54) is 4.90 Å². The molecule has 0 aromatic heterocycles. The topological polar surface area (TPSA) is 142 Å². The van der Waals surface area contributed by atoms with Gasteiger partial charge in [0.25, 0.3) is 11.8 Å². The summed E-state index contributed by atoms with van der Waals surface area (Å²) in [4.78, 5) is 60.8. The van der Waals surface area contributed by atoms with E-state index in [0.717, 1.165) is 0 Å². The lowest BCUT2D eigenvalue weighted by molar-refractivity contribution is -0.143. The molecule has 0 bridgehead atoms. The van der Waals surface area contributed by atoms with Crippen molar-refractivity contribution in [1.29, 1.82) is 0 Å². The third kappa shape index (κ3) is 3.41.